The van der Waals surface area contributed by atoms with Crippen LogP contribution in [0.2, 0.25) is 0 Å². The van der Waals surface area contributed by atoms with Crippen LogP contribution in [0.15, 0.2) is 36.4 Å². The molecule has 0 aromatic heterocycles. The quantitative estimate of drug-likeness (QED) is 0.552. The number of nitrogens with zero attached hydrogens (tertiary/aromatic N) is 1. The fraction of sp³-hybridized carbons (Fsp3) is 0.211. The number of aryl methyl sites for hydroxylation is 4. The standard InChI is InChI=1S/C19H19N/c1-13-5-7-17(8-6-13)18(12-20)11-19-15(3)9-14(2)10-16(19)4/h5-11H,1-4H3/b18-11-. The van der Waals surface area contributed by atoms with Gasteiger partial charge in [0.25, 0.3) is 0 Å². The highest BCUT2D eigenvalue weighted by Crippen LogP contribution is 2.23. The Morgan fingerprint density at radius 2 is 1.45 bits per heavy atom. The molecule has 2 rings (SSSR count). The minimum absolute atomic E-state index is 0.708. The van der Waals surface area contributed by atoms with Gasteiger partial charge in [0.1, 0.15) is 0 Å². The van der Waals surface area contributed by atoms with Crippen LogP contribution < -0.4 is 0 Å². The SMILES string of the molecule is Cc1ccc(/C(C#N)=C\c2c(C)cc(C)cc2C)cc1. The van der Waals surface area contributed by atoms with Crippen molar-refractivity contribution >= 4 is 11.6 Å². The monoisotopic (exact) mass is 261 g/mol. The van der Waals surface area contributed by atoms with E-state index in [1.807, 2.05) is 37.3 Å². The van der Waals surface area contributed by atoms with Crippen LogP contribution in [-0.2, 0) is 0 Å². The van der Waals surface area contributed by atoms with Crippen LogP contribution in [0.3, 0.4) is 0 Å². The van der Waals surface area contributed by atoms with Gasteiger partial charge < -0.3 is 0 Å². The first-order valence-electron chi connectivity index (χ1n) is 6.78. The largest absolute Gasteiger partial charge is 0.192 e. The van der Waals surface area contributed by atoms with E-state index in [9.17, 15) is 5.26 Å². The molecule has 0 radical (unpaired) electrons. The number of rotatable bonds is 2. The summed E-state index contributed by atoms with van der Waals surface area (Å²) in [5.74, 6) is 0. The van der Waals surface area contributed by atoms with Gasteiger partial charge in [-0.3, -0.25) is 0 Å². The van der Waals surface area contributed by atoms with Gasteiger partial charge >= 0.3 is 0 Å². The van der Waals surface area contributed by atoms with Crippen LogP contribution in [0.1, 0.15) is 33.4 Å². The normalized spacial score (nSPS) is 11.2. The Balaban J connectivity index is 2.53. The molecule has 0 aliphatic carbocycles. The number of hydrogen-bond acceptors (Lipinski definition) is 1. The van der Waals surface area contributed by atoms with Gasteiger partial charge in [-0.1, -0.05) is 47.5 Å². The zero-order valence-corrected chi connectivity index (χ0v) is 12.5. The van der Waals surface area contributed by atoms with Crippen molar-refractivity contribution in [1.29, 1.82) is 5.26 Å². The van der Waals surface area contributed by atoms with Crippen molar-refractivity contribution in [3.63, 3.8) is 0 Å². The second kappa shape index (κ2) is 5.75. The van der Waals surface area contributed by atoms with E-state index in [2.05, 4.69) is 39.0 Å². The van der Waals surface area contributed by atoms with E-state index in [1.165, 1.54) is 22.3 Å². The van der Waals surface area contributed by atoms with E-state index >= 15 is 0 Å². The lowest BCUT2D eigenvalue weighted by atomic mass is 9.96. The van der Waals surface area contributed by atoms with Gasteiger partial charge in [-0.15, -0.1) is 0 Å². The molecule has 0 fully saturated rings. The molecule has 0 bridgehead atoms. The molecule has 1 heteroatoms. The molecule has 1 nitrogen and oxygen atoms in total. The summed E-state index contributed by atoms with van der Waals surface area (Å²) in [6.45, 7) is 8.33. The molecule has 0 heterocycles. The number of nitriles is 1. The Kier molecular flexibility index (Phi) is 4.05. The zero-order chi connectivity index (χ0) is 14.7. The van der Waals surface area contributed by atoms with E-state index < -0.39 is 0 Å². The number of allylic oxidation sites excluding steroid dienone is 1. The van der Waals surface area contributed by atoms with Gasteiger partial charge in [0.15, 0.2) is 0 Å². The highest BCUT2D eigenvalue weighted by atomic mass is 14.2. The summed E-state index contributed by atoms with van der Waals surface area (Å²) in [6.07, 6.45) is 1.99. The minimum Gasteiger partial charge on any atom is -0.192 e. The topological polar surface area (TPSA) is 23.8 Å². The summed E-state index contributed by atoms with van der Waals surface area (Å²) in [5.41, 5.74) is 7.70. The molecule has 2 aromatic rings. The molecule has 20 heavy (non-hydrogen) atoms. The highest BCUT2D eigenvalue weighted by molar-refractivity contribution is 5.90. The fourth-order valence-corrected chi connectivity index (χ4v) is 2.48. The summed E-state index contributed by atoms with van der Waals surface area (Å²) in [5, 5.41) is 9.43. The molecule has 0 aliphatic heterocycles. The molecular weight excluding hydrogens is 242 g/mol. The molecule has 0 saturated heterocycles. The Hall–Kier alpha value is -2.33. The van der Waals surface area contributed by atoms with Crippen molar-refractivity contribution in [2.24, 2.45) is 0 Å². The number of benzene rings is 2. The third kappa shape index (κ3) is 2.97. The lowest BCUT2D eigenvalue weighted by Crippen LogP contribution is -1.90. The first-order valence-corrected chi connectivity index (χ1v) is 6.78. The van der Waals surface area contributed by atoms with Gasteiger partial charge in [0, 0.05) is 0 Å². The number of hydrogen-bond donors (Lipinski definition) is 0. The highest BCUT2D eigenvalue weighted by Gasteiger charge is 2.05. The average Bonchev–Trinajstić information content (AvgIpc) is 2.39. The van der Waals surface area contributed by atoms with Crippen LogP contribution in [0.25, 0.3) is 11.6 Å². The molecule has 0 spiro atoms. The third-order valence-electron chi connectivity index (χ3n) is 3.51. The molecule has 100 valence electrons. The minimum atomic E-state index is 0.708. The predicted octanol–water partition coefficient (Wildman–Crippen LogP) is 4.98. The fourth-order valence-electron chi connectivity index (χ4n) is 2.48. The van der Waals surface area contributed by atoms with Crippen LogP contribution in [0.5, 0.6) is 0 Å². The molecule has 0 atom stereocenters. The average molecular weight is 261 g/mol. The summed E-state index contributed by atoms with van der Waals surface area (Å²) in [7, 11) is 0. The molecule has 0 N–H and O–H groups in total. The van der Waals surface area contributed by atoms with Crippen molar-refractivity contribution in [3.05, 3.63) is 69.8 Å². The van der Waals surface area contributed by atoms with E-state index in [0.717, 1.165) is 11.1 Å². The summed E-state index contributed by atoms with van der Waals surface area (Å²) >= 11 is 0. The van der Waals surface area contributed by atoms with Crippen molar-refractivity contribution < 1.29 is 0 Å². The molecule has 0 amide bonds. The van der Waals surface area contributed by atoms with E-state index in [-0.39, 0.29) is 0 Å². The maximum Gasteiger partial charge on any atom is 0.0998 e. The van der Waals surface area contributed by atoms with E-state index in [1.54, 1.807) is 0 Å². The maximum atomic E-state index is 9.43. The lowest BCUT2D eigenvalue weighted by molar-refractivity contribution is 1.30. The Bertz CT molecular complexity index is 675. The molecular formula is C19H19N. The Labute approximate surface area is 121 Å². The molecule has 0 saturated carbocycles. The molecule has 0 unspecified atom stereocenters. The van der Waals surface area contributed by atoms with Gasteiger partial charge in [-0.2, -0.15) is 5.26 Å². The third-order valence-corrected chi connectivity index (χ3v) is 3.51. The van der Waals surface area contributed by atoms with Gasteiger partial charge in [-0.05, 0) is 56.0 Å². The summed E-state index contributed by atoms with van der Waals surface area (Å²) < 4.78 is 0. The molecule has 0 aliphatic rings. The smallest absolute Gasteiger partial charge is 0.0998 e. The lowest BCUT2D eigenvalue weighted by Gasteiger charge is -2.08. The first-order chi connectivity index (χ1) is 9.51. The van der Waals surface area contributed by atoms with E-state index in [4.69, 9.17) is 0 Å². The second-order valence-electron chi connectivity index (χ2n) is 5.35. The van der Waals surface area contributed by atoms with Gasteiger partial charge in [0.2, 0.25) is 0 Å². The summed E-state index contributed by atoms with van der Waals surface area (Å²) in [4.78, 5) is 0. The molecule has 2 aromatic carbocycles. The Morgan fingerprint density at radius 1 is 0.900 bits per heavy atom. The zero-order valence-electron chi connectivity index (χ0n) is 12.5. The van der Waals surface area contributed by atoms with Crippen LogP contribution in [0.4, 0.5) is 0 Å². The van der Waals surface area contributed by atoms with Gasteiger partial charge in [-0.25, -0.2) is 0 Å². The van der Waals surface area contributed by atoms with Crippen molar-refractivity contribution in [1.82, 2.24) is 0 Å². The van der Waals surface area contributed by atoms with Gasteiger partial charge in [0.05, 0.1) is 11.6 Å². The van der Waals surface area contributed by atoms with Crippen LogP contribution in [0, 0.1) is 39.0 Å². The summed E-state index contributed by atoms with van der Waals surface area (Å²) in [6, 6.07) is 14.7. The van der Waals surface area contributed by atoms with Crippen molar-refractivity contribution in [2.75, 3.05) is 0 Å². The van der Waals surface area contributed by atoms with E-state index in [0.29, 0.717) is 5.57 Å². The Morgan fingerprint density at radius 3 is 1.95 bits per heavy atom. The van der Waals surface area contributed by atoms with Crippen molar-refractivity contribution in [3.8, 4) is 6.07 Å². The first kappa shape index (κ1) is 14.1. The maximum absolute atomic E-state index is 9.43. The predicted molar refractivity (Wildman–Crippen MR) is 85.3 cm³/mol. The van der Waals surface area contributed by atoms with Crippen molar-refractivity contribution in [2.45, 2.75) is 27.7 Å². The van der Waals surface area contributed by atoms with Crippen LogP contribution >= 0.6 is 0 Å². The second-order valence-corrected chi connectivity index (χ2v) is 5.35. The van der Waals surface area contributed by atoms with Crippen LogP contribution in [-0.4, -0.2) is 0 Å².